The molecule has 5 rings (SSSR count). The molecule has 6 heteroatoms. The summed E-state index contributed by atoms with van der Waals surface area (Å²) in [5, 5.41) is 0. The second-order valence-corrected chi connectivity index (χ2v) is 7.62. The molecule has 1 aliphatic heterocycles. The van der Waals surface area contributed by atoms with Crippen LogP contribution >= 0.6 is 0 Å². The molecular formula is C22H24N6. The number of benzene rings is 1. The fraction of sp³-hybridized carbons (Fsp3) is 0.318. The zero-order valence-electron chi connectivity index (χ0n) is 16.2. The maximum Gasteiger partial charge on any atom is 0.124 e. The Bertz CT molecular complexity index is 1090. The van der Waals surface area contributed by atoms with Crippen molar-refractivity contribution in [2.75, 3.05) is 6.54 Å². The molecule has 0 amide bonds. The maximum atomic E-state index is 4.97. The minimum Gasteiger partial charge on any atom is -0.348 e. The SMILES string of the molecule is CC(C)n1c(CN2CCc3[nH]cnc3[C@@H]2c2ccccn2)nc2ccccc21. The first-order valence-corrected chi connectivity index (χ1v) is 9.85. The lowest BCUT2D eigenvalue weighted by Gasteiger charge is -2.34. The number of hydrogen-bond donors (Lipinski definition) is 1. The predicted molar refractivity (Wildman–Crippen MR) is 109 cm³/mol. The van der Waals surface area contributed by atoms with Crippen molar-refractivity contribution in [2.45, 2.75) is 38.9 Å². The van der Waals surface area contributed by atoms with Crippen LogP contribution < -0.4 is 0 Å². The number of pyridine rings is 1. The number of hydrogen-bond acceptors (Lipinski definition) is 4. The Morgan fingerprint density at radius 1 is 1.11 bits per heavy atom. The molecular weight excluding hydrogens is 348 g/mol. The molecule has 0 aliphatic carbocycles. The van der Waals surface area contributed by atoms with E-state index >= 15 is 0 Å². The van der Waals surface area contributed by atoms with Gasteiger partial charge in [-0.1, -0.05) is 18.2 Å². The molecule has 3 aromatic heterocycles. The van der Waals surface area contributed by atoms with E-state index in [-0.39, 0.29) is 6.04 Å². The zero-order chi connectivity index (χ0) is 19.1. The summed E-state index contributed by atoms with van der Waals surface area (Å²) >= 11 is 0. The van der Waals surface area contributed by atoms with Crippen molar-refractivity contribution in [3.05, 3.63) is 77.9 Å². The average Bonchev–Trinajstić information content (AvgIpc) is 3.32. The Balaban J connectivity index is 1.58. The van der Waals surface area contributed by atoms with Gasteiger partial charge >= 0.3 is 0 Å². The summed E-state index contributed by atoms with van der Waals surface area (Å²) in [6.07, 6.45) is 4.62. The Morgan fingerprint density at radius 2 is 1.96 bits per heavy atom. The van der Waals surface area contributed by atoms with E-state index in [0.29, 0.717) is 6.04 Å². The fourth-order valence-corrected chi connectivity index (χ4v) is 4.32. The van der Waals surface area contributed by atoms with Gasteiger partial charge in [0.25, 0.3) is 0 Å². The second-order valence-electron chi connectivity index (χ2n) is 7.62. The molecule has 1 aromatic carbocycles. The van der Waals surface area contributed by atoms with Crippen LogP contribution in [0.3, 0.4) is 0 Å². The van der Waals surface area contributed by atoms with E-state index in [2.05, 4.69) is 68.6 Å². The van der Waals surface area contributed by atoms with Gasteiger partial charge in [0.05, 0.1) is 41.3 Å². The molecule has 1 atom stereocenters. The van der Waals surface area contributed by atoms with Crippen molar-refractivity contribution in [1.82, 2.24) is 29.4 Å². The van der Waals surface area contributed by atoms with Crippen LogP contribution in [0.1, 0.15) is 48.8 Å². The van der Waals surface area contributed by atoms with E-state index < -0.39 is 0 Å². The van der Waals surface area contributed by atoms with Crippen LogP contribution in [0.15, 0.2) is 55.0 Å². The van der Waals surface area contributed by atoms with E-state index in [1.165, 1.54) is 11.2 Å². The molecule has 1 N–H and O–H groups in total. The van der Waals surface area contributed by atoms with Gasteiger partial charge in [0.1, 0.15) is 5.82 Å². The maximum absolute atomic E-state index is 4.97. The number of aromatic amines is 1. The molecule has 0 saturated heterocycles. The van der Waals surface area contributed by atoms with E-state index in [4.69, 9.17) is 4.98 Å². The van der Waals surface area contributed by atoms with Gasteiger partial charge in [-0.2, -0.15) is 0 Å². The van der Waals surface area contributed by atoms with Gasteiger partial charge in [-0.3, -0.25) is 9.88 Å². The standard InChI is InChI=1S/C22H24N6/c1-15(2)28-19-9-4-3-7-16(19)26-20(28)13-27-12-10-17-21(25-14-24-17)22(27)18-8-5-6-11-23-18/h3-9,11,14-15,22H,10,12-13H2,1-2H3,(H,24,25)/t22-/m0/s1. The molecule has 0 bridgehead atoms. The Hall–Kier alpha value is -2.99. The molecule has 0 fully saturated rings. The predicted octanol–water partition coefficient (Wildman–Crippen LogP) is 3.88. The van der Waals surface area contributed by atoms with Crippen LogP contribution in [0.2, 0.25) is 0 Å². The first kappa shape index (κ1) is 17.1. The molecule has 0 saturated carbocycles. The average molecular weight is 372 g/mol. The number of H-pyrrole nitrogens is 1. The van der Waals surface area contributed by atoms with Crippen molar-refractivity contribution >= 4 is 11.0 Å². The normalized spacial score (nSPS) is 17.3. The summed E-state index contributed by atoms with van der Waals surface area (Å²) in [6, 6.07) is 14.9. The second kappa shape index (κ2) is 6.87. The van der Waals surface area contributed by atoms with Gasteiger partial charge in [-0.15, -0.1) is 0 Å². The lowest BCUT2D eigenvalue weighted by Crippen LogP contribution is -2.37. The number of para-hydroxylation sites is 2. The lowest BCUT2D eigenvalue weighted by atomic mass is 9.99. The molecule has 1 aliphatic rings. The Kier molecular flexibility index (Phi) is 4.20. The topological polar surface area (TPSA) is 62.6 Å². The smallest absolute Gasteiger partial charge is 0.124 e. The summed E-state index contributed by atoms with van der Waals surface area (Å²) < 4.78 is 2.35. The molecule has 4 aromatic rings. The highest BCUT2D eigenvalue weighted by Gasteiger charge is 2.33. The van der Waals surface area contributed by atoms with Crippen molar-refractivity contribution < 1.29 is 0 Å². The van der Waals surface area contributed by atoms with Crippen LogP contribution in [0, 0.1) is 0 Å². The van der Waals surface area contributed by atoms with Crippen LogP contribution in [-0.2, 0) is 13.0 Å². The van der Waals surface area contributed by atoms with Gasteiger partial charge in [0.2, 0.25) is 0 Å². The highest BCUT2D eigenvalue weighted by Crippen LogP contribution is 2.34. The highest BCUT2D eigenvalue weighted by atomic mass is 15.2. The summed E-state index contributed by atoms with van der Waals surface area (Å²) in [5.41, 5.74) is 5.57. The Morgan fingerprint density at radius 3 is 2.79 bits per heavy atom. The van der Waals surface area contributed by atoms with Gasteiger partial charge in [-0.25, -0.2) is 9.97 Å². The number of rotatable bonds is 4. The van der Waals surface area contributed by atoms with E-state index in [1.807, 2.05) is 18.3 Å². The minimum atomic E-state index is 0.0385. The number of imidazole rings is 2. The van der Waals surface area contributed by atoms with Crippen LogP contribution in [0.4, 0.5) is 0 Å². The molecule has 0 radical (unpaired) electrons. The summed E-state index contributed by atoms with van der Waals surface area (Å²) in [4.78, 5) is 20.0. The van der Waals surface area contributed by atoms with Crippen molar-refractivity contribution in [3.63, 3.8) is 0 Å². The van der Waals surface area contributed by atoms with Gasteiger partial charge in [-0.05, 0) is 38.1 Å². The monoisotopic (exact) mass is 372 g/mol. The van der Waals surface area contributed by atoms with Crippen LogP contribution in [-0.4, -0.2) is 35.9 Å². The minimum absolute atomic E-state index is 0.0385. The summed E-state index contributed by atoms with van der Waals surface area (Å²) in [7, 11) is 0. The number of nitrogens with one attached hydrogen (secondary N) is 1. The first-order valence-electron chi connectivity index (χ1n) is 9.85. The lowest BCUT2D eigenvalue weighted by molar-refractivity contribution is 0.189. The van der Waals surface area contributed by atoms with E-state index in [9.17, 15) is 0 Å². The van der Waals surface area contributed by atoms with Gasteiger partial charge < -0.3 is 9.55 Å². The number of aromatic nitrogens is 5. The number of nitrogens with zero attached hydrogens (tertiary/aromatic N) is 5. The summed E-state index contributed by atoms with van der Waals surface area (Å²) in [6.45, 7) is 6.14. The molecule has 4 heterocycles. The first-order chi connectivity index (χ1) is 13.7. The van der Waals surface area contributed by atoms with Gasteiger partial charge in [0.15, 0.2) is 0 Å². The summed E-state index contributed by atoms with van der Waals surface area (Å²) in [5.74, 6) is 1.09. The van der Waals surface area contributed by atoms with Crippen molar-refractivity contribution in [1.29, 1.82) is 0 Å². The largest absolute Gasteiger partial charge is 0.348 e. The van der Waals surface area contributed by atoms with E-state index in [1.54, 1.807) is 6.33 Å². The van der Waals surface area contributed by atoms with Gasteiger partial charge in [0, 0.05) is 30.9 Å². The quantitative estimate of drug-likeness (QED) is 0.590. The van der Waals surface area contributed by atoms with Crippen molar-refractivity contribution in [3.8, 4) is 0 Å². The molecule has 0 spiro atoms. The molecule has 6 nitrogen and oxygen atoms in total. The zero-order valence-corrected chi connectivity index (χ0v) is 16.2. The third-order valence-electron chi connectivity index (χ3n) is 5.52. The van der Waals surface area contributed by atoms with Crippen LogP contribution in [0.25, 0.3) is 11.0 Å². The molecule has 142 valence electrons. The number of fused-ring (bicyclic) bond motifs is 2. The van der Waals surface area contributed by atoms with Crippen molar-refractivity contribution in [2.24, 2.45) is 0 Å². The van der Waals surface area contributed by atoms with E-state index in [0.717, 1.165) is 42.2 Å². The third-order valence-corrected chi connectivity index (χ3v) is 5.52. The fourth-order valence-electron chi connectivity index (χ4n) is 4.32. The third kappa shape index (κ3) is 2.81. The van der Waals surface area contributed by atoms with Crippen LogP contribution in [0.5, 0.6) is 0 Å². The molecule has 28 heavy (non-hydrogen) atoms. The molecule has 0 unspecified atom stereocenters. The Labute approximate surface area is 164 Å². The highest BCUT2D eigenvalue weighted by molar-refractivity contribution is 5.76.